The molecule has 5 nitrogen and oxygen atoms in total. The molecule has 5 heteroatoms. The van der Waals surface area contributed by atoms with Crippen molar-refractivity contribution in [2.24, 2.45) is 11.2 Å². The van der Waals surface area contributed by atoms with E-state index in [0.717, 1.165) is 31.6 Å². The SMILES string of the molecule is CC1CCC(NC(=O)NN=O)CC1. The lowest BCUT2D eigenvalue weighted by molar-refractivity contribution is 0.229. The molecule has 1 aliphatic carbocycles. The number of nitrogens with zero attached hydrogens (tertiary/aromatic N) is 1. The van der Waals surface area contributed by atoms with E-state index >= 15 is 0 Å². The predicted octanol–water partition coefficient (Wildman–Crippen LogP) is 1.55. The zero-order valence-corrected chi connectivity index (χ0v) is 7.75. The van der Waals surface area contributed by atoms with E-state index in [9.17, 15) is 9.70 Å². The summed E-state index contributed by atoms with van der Waals surface area (Å²) in [6.45, 7) is 2.21. The molecule has 2 N–H and O–H groups in total. The van der Waals surface area contributed by atoms with Gasteiger partial charge in [0, 0.05) is 6.04 Å². The number of hydrogen-bond donors (Lipinski definition) is 2. The first-order valence-electron chi connectivity index (χ1n) is 4.61. The number of carbonyl (C=O) groups excluding carboxylic acids is 1. The smallest absolute Gasteiger partial charge is 0.334 e. The van der Waals surface area contributed by atoms with E-state index in [1.165, 1.54) is 0 Å². The number of hydrogen-bond acceptors (Lipinski definition) is 3. The number of carbonyl (C=O) groups is 1. The number of nitrogens with one attached hydrogen (secondary N) is 2. The Balaban J connectivity index is 2.22. The summed E-state index contributed by atoms with van der Waals surface area (Å²) < 4.78 is 0. The van der Waals surface area contributed by atoms with Gasteiger partial charge in [0.25, 0.3) is 0 Å². The first-order chi connectivity index (χ1) is 6.22. The maximum Gasteiger partial charge on any atom is 0.337 e. The van der Waals surface area contributed by atoms with Gasteiger partial charge in [-0.2, -0.15) is 5.43 Å². The molecule has 0 aromatic rings. The van der Waals surface area contributed by atoms with Gasteiger partial charge in [-0.15, -0.1) is 4.91 Å². The molecular formula is C8H15N3O2. The lowest BCUT2D eigenvalue weighted by Gasteiger charge is -2.26. The summed E-state index contributed by atoms with van der Waals surface area (Å²) in [5.74, 6) is 0.755. The van der Waals surface area contributed by atoms with Crippen molar-refractivity contribution in [1.29, 1.82) is 0 Å². The van der Waals surface area contributed by atoms with E-state index < -0.39 is 6.03 Å². The highest BCUT2D eigenvalue weighted by Gasteiger charge is 2.19. The highest BCUT2D eigenvalue weighted by Crippen LogP contribution is 2.23. The van der Waals surface area contributed by atoms with Crippen LogP contribution in [0, 0.1) is 10.8 Å². The van der Waals surface area contributed by atoms with Gasteiger partial charge in [-0.25, -0.2) is 4.79 Å². The van der Waals surface area contributed by atoms with Crippen LogP contribution in [-0.2, 0) is 0 Å². The van der Waals surface area contributed by atoms with Gasteiger partial charge in [-0.1, -0.05) is 6.92 Å². The molecule has 0 unspecified atom stereocenters. The van der Waals surface area contributed by atoms with Crippen molar-refractivity contribution in [1.82, 2.24) is 10.7 Å². The molecule has 13 heavy (non-hydrogen) atoms. The molecule has 2 amide bonds. The van der Waals surface area contributed by atoms with Gasteiger partial charge >= 0.3 is 6.03 Å². The summed E-state index contributed by atoms with van der Waals surface area (Å²) in [7, 11) is 0. The van der Waals surface area contributed by atoms with Gasteiger partial charge < -0.3 is 5.32 Å². The third-order valence-electron chi connectivity index (χ3n) is 2.50. The topological polar surface area (TPSA) is 70.6 Å². The highest BCUT2D eigenvalue weighted by atomic mass is 16.3. The van der Waals surface area contributed by atoms with E-state index in [4.69, 9.17) is 0 Å². The summed E-state index contributed by atoms with van der Waals surface area (Å²) >= 11 is 0. The molecule has 1 rings (SSSR count). The van der Waals surface area contributed by atoms with Crippen molar-refractivity contribution in [3.63, 3.8) is 0 Å². The van der Waals surface area contributed by atoms with Crippen molar-refractivity contribution < 1.29 is 4.79 Å². The summed E-state index contributed by atoms with van der Waals surface area (Å²) in [6.07, 6.45) is 4.26. The Morgan fingerprint density at radius 3 is 2.46 bits per heavy atom. The van der Waals surface area contributed by atoms with Crippen LogP contribution in [0.15, 0.2) is 5.29 Å². The third-order valence-corrected chi connectivity index (χ3v) is 2.50. The first kappa shape index (κ1) is 9.95. The minimum Gasteiger partial charge on any atom is -0.334 e. The fraction of sp³-hybridized carbons (Fsp3) is 0.875. The van der Waals surface area contributed by atoms with Crippen molar-refractivity contribution >= 4 is 6.03 Å². The number of nitroso groups, excluding NO2 is 1. The number of urea groups is 1. The third kappa shape index (κ3) is 3.40. The molecule has 1 fully saturated rings. The molecular weight excluding hydrogens is 170 g/mol. The molecule has 0 saturated heterocycles. The van der Waals surface area contributed by atoms with Gasteiger partial charge in [0.2, 0.25) is 0 Å². The van der Waals surface area contributed by atoms with Crippen LogP contribution in [0.4, 0.5) is 4.79 Å². The molecule has 0 heterocycles. The monoisotopic (exact) mass is 185 g/mol. The Kier molecular flexibility index (Phi) is 3.67. The van der Waals surface area contributed by atoms with Gasteiger partial charge in [-0.05, 0) is 31.6 Å². The lowest BCUT2D eigenvalue weighted by atomic mass is 9.87. The van der Waals surface area contributed by atoms with Crippen LogP contribution in [0.25, 0.3) is 0 Å². The van der Waals surface area contributed by atoms with Gasteiger partial charge in [0.15, 0.2) is 0 Å². The first-order valence-corrected chi connectivity index (χ1v) is 4.61. The molecule has 0 atom stereocenters. The fourth-order valence-electron chi connectivity index (χ4n) is 1.66. The zero-order valence-electron chi connectivity index (χ0n) is 7.75. The van der Waals surface area contributed by atoms with Crippen LogP contribution in [0.3, 0.4) is 0 Å². The van der Waals surface area contributed by atoms with E-state index in [2.05, 4.69) is 17.5 Å². The van der Waals surface area contributed by atoms with Gasteiger partial charge in [0.05, 0.1) is 5.29 Å². The summed E-state index contributed by atoms with van der Waals surface area (Å²) in [5.41, 5.74) is 1.82. The molecule has 0 aliphatic heterocycles. The number of amides is 2. The Hall–Kier alpha value is -1.13. The van der Waals surface area contributed by atoms with Gasteiger partial charge in [0.1, 0.15) is 0 Å². The molecule has 0 aromatic carbocycles. The average molecular weight is 185 g/mol. The van der Waals surface area contributed by atoms with E-state index in [0.29, 0.717) is 0 Å². The van der Waals surface area contributed by atoms with Crippen LogP contribution >= 0.6 is 0 Å². The lowest BCUT2D eigenvalue weighted by Crippen LogP contribution is -2.41. The summed E-state index contributed by atoms with van der Waals surface area (Å²) in [4.78, 5) is 20.6. The van der Waals surface area contributed by atoms with E-state index in [1.54, 1.807) is 0 Å². The molecule has 0 aromatic heterocycles. The summed E-state index contributed by atoms with van der Waals surface area (Å²) in [6, 6.07) is -0.285. The van der Waals surface area contributed by atoms with Gasteiger partial charge in [-0.3, -0.25) is 0 Å². The Labute approximate surface area is 77.2 Å². The quantitative estimate of drug-likeness (QED) is 0.506. The van der Waals surface area contributed by atoms with E-state index in [1.807, 2.05) is 5.43 Å². The van der Waals surface area contributed by atoms with Crippen molar-refractivity contribution in [2.45, 2.75) is 38.6 Å². The second-order valence-electron chi connectivity index (χ2n) is 3.63. The molecule has 1 aliphatic rings. The largest absolute Gasteiger partial charge is 0.337 e. The second-order valence-corrected chi connectivity index (χ2v) is 3.63. The normalized spacial score (nSPS) is 27.8. The van der Waals surface area contributed by atoms with Crippen LogP contribution in [0.1, 0.15) is 32.6 Å². The van der Waals surface area contributed by atoms with Crippen molar-refractivity contribution in [3.8, 4) is 0 Å². The molecule has 0 spiro atoms. The molecule has 0 bridgehead atoms. The summed E-state index contributed by atoms with van der Waals surface area (Å²) in [5, 5.41) is 5.00. The average Bonchev–Trinajstić information content (AvgIpc) is 2.09. The molecule has 1 saturated carbocycles. The Morgan fingerprint density at radius 1 is 1.31 bits per heavy atom. The minimum absolute atomic E-state index is 0.206. The van der Waals surface area contributed by atoms with Crippen LogP contribution < -0.4 is 10.7 Å². The maximum atomic E-state index is 10.9. The Morgan fingerprint density at radius 2 is 1.92 bits per heavy atom. The van der Waals surface area contributed by atoms with Crippen LogP contribution in [0.2, 0.25) is 0 Å². The van der Waals surface area contributed by atoms with Crippen molar-refractivity contribution in [3.05, 3.63) is 4.91 Å². The number of rotatable bonds is 2. The minimum atomic E-state index is -0.491. The fourth-order valence-corrected chi connectivity index (χ4v) is 1.66. The maximum absolute atomic E-state index is 10.9. The predicted molar refractivity (Wildman–Crippen MR) is 48.9 cm³/mol. The highest BCUT2D eigenvalue weighted by molar-refractivity contribution is 5.73. The van der Waals surface area contributed by atoms with Crippen LogP contribution in [-0.4, -0.2) is 12.1 Å². The molecule has 0 radical (unpaired) electrons. The zero-order chi connectivity index (χ0) is 9.68. The molecule has 74 valence electrons. The van der Waals surface area contributed by atoms with E-state index in [-0.39, 0.29) is 6.04 Å². The standard InChI is InChI=1S/C8H15N3O2/c1-6-2-4-7(5-3-6)9-8(12)10-11-13/h6-7H,2-5H2,1H3,(H2,9,10,12,13). The second kappa shape index (κ2) is 4.79. The van der Waals surface area contributed by atoms with Crippen LogP contribution in [0.5, 0.6) is 0 Å². The van der Waals surface area contributed by atoms with Crippen molar-refractivity contribution in [2.75, 3.05) is 0 Å². The Bertz CT molecular complexity index is 188.